The summed E-state index contributed by atoms with van der Waals surface area (Å²) < 4.78 is 5.11. The van der Waals surface area contributed by atoms with Crippen molar-refractivity contribution in [1.29, 1.82) is 0 Å². The van der Waals surface area contributed by atoms with Crippen LogP contribution >= 0.6 is 11.6 Å². The number of esters is 1. The first-order valence-corrected chi connectivity index (χ1v) is 5.71. The third-order valence-electron chi connectivity index (χ3n) is 2.59. The smallest absolute Gasteiger partial charge is 0.449 e. The van der Waals surface area contributed by atoms with Gasteiger partial charge < -0.3 is 10.9 Å². The van der Waals surface area contributed by atoms with Gasteiger partial charge in [-0.1, -0.05) is 32.4 Å². The lowest BCUT2D eigenvalue weighted by atomic mass is 9.94. The SMILES string of the molecule is CCC(CC)(CC)OC(=O)C(=O)OOCCl.N. The number of rotatable bonds is 6. The van der Waals surface area contributed by atoms with E-state index < -0.39 is 17.5 Å². The van der Waals surface area contributed by atoms with Gasteiger partial charge in [-0.05, 0) is 19.3 Å². The van der Waals surface area contributed by atoms with Crippen molar-refractivity contribution in [3.05, 3.63) is 0 Å². The van der Waals surface area contributed by atoms with Crippen LogP contribution in [-0.4, -0.2) is 23.6 Å². The second-order valence-corrected chi connectivity index (χ2v) is 3.45. The molecule has 17 heavy (non-hydrogen) atoms. The van der Waals surface area contributed by atoms with Crippen molar-refractivity contribution in [3.8, 4) is 0 Å². The molecule has 102 valence electrons. The predicted octanol–water partition coefficient (Wildman–Crippen LogP) is 2.33. The summed E-state index contributed by atoms with van der Waals surface area (Å²) in [6.45, 7) is 5.67. The minimum Gasteiger partial charge on any atom is -0.451 e. The standard InChI is InChI=1S/C10H17ClO5.H3N/c1-4-10(5-2,6-3)15-8(12)9(13)16-14-7-11;/h4-7H2,1-3H3;1H3. The molecule has 0 fully saturated rings. The van der Waals surface area contributed by atoms with E-state index >= 15 is 0 Å². The largest absolute Gasteiger partial charge is 0.451 e. The number of carbonyl (C=O) groups is 2. The molecule has 0 aromatic heterocycles. The Balaban J connectivity index is 0. The van der Waals surface area contributed by atoms with E-state index in [0.29, 0.717) is 19.3 Å². The molecule has 0 aromatic carbocycles. The normalized spacial score (nSPS) is 10.4. The van der Waals surface area contributed by atoms with Gasteiger partial charge in [0, 0.05) is 0 Å². The lowest BCUT2D eigenvalue weighted by molar-refractivity contribution is -0.263. The van der Waals surface area contributed by atoms with Gasteiger partial charge in [0.05, 0.1) is 0 Å². The van der Waals surface area contributed by atoms with Crippen LogP contribution in [0.5, 0.6) is 0 Å². The Morgan fingerprint density at radius 3 is 1.88 bits per heavy atom. The number of hydrogen-bond acceptors (Lipinski definition) is 6. The molecule has 7 heteroatoms. The molecule has 0 bridgehead atoms. The van der Waals surface area contributed by atoms with Gasteiger partial charge in [-0.25, -0.2) is 9.59 Å². The molecule has 0 aliphatic rings. The van der Waals surface area contributed by atoms with Crippen LogP contribution in [-0.2, 0) is 24.1 Å². The van der Waals surface area contributed by atoms with Crippen LogP contribution in [0.15, 0.2) is 0 Å². The zero-order valence-electron chi connectivity index (χ0n) is 10.5. The van der Waals surface area contributed by atoms with Crippen molar-refractivity contribution >= 4 is 23.5 Å². The van der Waals surface area contributed by atoms with Crippen molar-refractivity contribution in [3.63, 3.8) is 0 Å². The molecule has 0 aliphatic carbocycles. The van der Waals surface area contributed by atoms with Gasteiger partial charge >= 0.3 is 11.9 Å². The van der Waals surface area contributed by atoms with Crippen LogP contribution in [0.3, 0.4) is 0 Å². The van der Waals surface area contributed by atoms with Crippen LogP contribution in [0.2, 0.25) is 0 Å². The van der Waals surface area contributed by atoms with E-state index in [2.05, 4.69) is 9.78 Å². The molecule has 0 spiro atoms. The molecule has 0 unspecified atom stereocenters. The molecule has 3 N–H and O–H groups in total. The Hall–Kier alpha value is -0.850. The average molecular weight is 270 g/mol. The van der Waals surface area contributed by atoms with Crippen LogP contribution in [0.25, 0.3) is 0 Å². The molecular formula is C10H20ClNO5. The average Bonchev–Trinajstić information content (AvgIpc) is 2.32. The summed E-state index contributed by atoms with van der Waals surface area (Å²) in [6.07, 6.45) is 1.90. The van der Waals surface area contributed by atoms with Gasteiger partial charge in [0.15, 0.2) is 6.07 Å². The zero-order valence-corrected chi connectivity index (χ0v) is 11.2. The Kier molecular flexibility index (Phi) is 10.0. The molecule has 0 aromatic rings. The molecule has 0 saturated carbocycles. The maximum Gasteiger partial charge on any atom is 0.449 e. The molecule has 0 saturated heterocycles. The van der Waals surface area contributed by atoms with Crippen molar-refractivity contribution in [2.75, 3.05) is 6.07 Å². The highest BCUT2D eigenvalue weighted by Crippen LogP contribution is 2.24. The van der Waals surface area contributed by atoms with E-state index in [4.69, 9.17) is 16.3 Å². The summed E-state index contributed by atoms with van der Waals surface area (Å²) in [5, 5.41) is 0. The Morgan fingerprint density at radius 2 is 1.53 bits per heavy atom. The molecule has 0 amide bonds. The first-order chi connectivity index (χ1) is 7.55. The molecule has 0 radical (unpaired) electrons. The predicted molar refractivity (Wildman–Crippen MR) is 62.6 cm³/mol. The Bertz CT molecular complexity index is 235. The first-order valence-electron chi connectivity index (χ1n) is 5.18. The molecule has 0 rings (SSSR count). The van der Waals surface area contributed by atoms with E-state index in [-0.39, 0.29) is 12.2 Å². The summed E-state index contributed by atoms with van der Waals surface area (Å²) in [6, 6.07) is -0.334. The van der Waals surface area contributed by atoms with Crippen molar-refractivity contribution in [1.82, 2.24) is 6.15 Å². The maximum atomic E-state index is 11.3. The highest BCUT2D eigenvalue weighted by Gasteiger charge is 2.32. The summed E-state index contributed by atoms with van der Waals surface area (Å²) in [7, 11) is 0. The monoisotopic (exact) mass is 269 g/mol. The van der Waals surface area contributed by atoms with Crippen LogP contribution in [0, 0.1) is 0 Å². The summed E-state index contributed by atoms with van der Waals surface area (Å²) in [4.78, 5) is 30.6. The Labute approximate surface area is 106 Å². The minimum atomic E-state index is -1.19. The maximum absolute atomic E-state index is 11.3. The summed E-state index contributed by atoms with van der Waals surface area (Å²) in [5.74, 6) is -2.25. The van der Waals surface area contributed by atoms with Gasteiger partial charge in [0.1, 0.15) is 5.60 Å². The zero-order chi connectivity index (χ0) is 12.6. The lowest BCUT2D eigenvalue weighted by Crippen LogP contribution is -2.36. The second kappa shape index (κ2) is 9.21. The molecular weight excluding hydrogens is 250 g/mol. The van der Waals surface area contributed by atoms with Crippen LogP contribution in [0.1, 0.15) is 40.0 Å². The third-order valence-corrected chi connectivity index (χ3v) is 2.68. The topological polar surface area (TPSA) is 96.8 Å². The van der Waals surface area contributed by atoms with E-state index in [0.717, 1.165) is 0 Å². The van der Waals surface area contributed by atoms with Crippen LogP contribution in [0.4, 0.5) is 0 Å². The van der Waals surface area contributed by atoms with Crippen molar-refractivity contribution in [2.45, 2.75) is 45.6 Å². The lowest BCUT2D eigenvalue weighted by Gasteiger charge is -2.29. The number of carbonyl (C=O) groups excluding carboxylic acids is 2. The van der Waals surface area contributed by atoms with Crippen molar-refractivity contribution in [2.24, 2.45) is 0 Å². The van der Waals surface area contributed by atoms with Gasteiger partial charge in [-0.2, -0.15) is 4.89 Å². The number of alkyl halides is 1. The fraction of sp³-hybridized carbons (Fsp3) is 0.800. The van der Waals surface area contributed by atoms with E-state index in [1.165, 1.54) is 0 Å². The van der Waals surface area contributed by atoms with E-state index in [9.17, 15) is 9.59 Å². The summed E-state index contributed by atoms with van der Waals surface area (Å²) >= 11 is 5.11. The number of halogens is 1. The van der Waals surface area contributed by atoms with Crippen molar-refractivity contribution < 1.29 is 24.1 Å². The number of ether oxygens (including phenoxy) is 1. The second-order valence-electron chi connectivity index (χ2n) is 3.23. The van der Waals surface area contributed by atoms with E-state index in [1.54, 1.807) is 0 Å². The molecule has 0 aliphatic heterocycles. The fourth-order valence-corrected chi connectivity index (χ4v) is 1.36. The fourth-order valence-electron chi connectivity index (χ4n) is 1.31. The van der Waals surface area contributed by atoms with Gasteiger partial charge in [0.2, 0.25) is 0 Å². The Morgan fingerprint density at radius 1 is 1.06 bits per heavy atom. The van der Waals surface area contributed by atoms with E-state index in [1.807, 2.05) is 20.8 Å². The van der Waals surface area contributed by atoms with Gasteiger partial charge in [-0.15, -0.1) is 0 Å². The van der Waals surface area contributed by atoms with Crippen LogP contribution < -0.4 is 6.15 Å². The quantitative estimate of drug-likeness (QED) is 0.261. The number of hydrogen-bond donors (Lipinski definition) is 1. The third kappa shape index (κ3) is 5.86. The highest BCUT2D eigenvalue weighted by atomic mass is 35.5. The van der Waals surface area contributed by atoms with Gasteiger partial charge in [-0.3, -0.25) is 4.89 Å². The highest BCUT2D eigenvalue weighted by molar-refractivity contribution is 6.29. The minimum absolute atomic E-state index is 0. The summed E-state index contributed by atoms with van der Waals surface area (Å²) in [5.41, 5.74) is -0.614. The first kappa shape index (κ1) is 18.5. The molecule has 0 atom stereocenters. The van der Waals surface area contributed by atoms with Gasteiger partial charge in [0.25, 0.3) is 0 Å². The molecule has 0 heterocycles. The molecule has 6 nitrogen and oxygen atoms in total.